The highest BCUT2D eigenvalue weighted by Gasteiger charge is 2.12. The van der Waals surface area contributed by atoms with Gasteiger partial charge in [0.05, 0.1) is 26.0 Å². The molecular weight excluding hydrogens is 378 g/mol. The van der Waals surface area contributed by atoms with Gasteiger partial charge in [-0.2, -0.15) is 4.98 Å². The minimum absolute atomic E-state index is 0.121. The van der Waals surface area contributed by atoms with Crippen LogP contribution in [0.1, 0.15) is 31.0 Å². The maximum atomic E-state index is 11.3. The molecule has 2 aromatic rings. The van der Waals surface area contributed by atoms with Crippen LogP contribution in [0.15, 0.2) is 18.2 Å². The smallest absolute Gasteiger partial charge is 0.243 e. The number of amides is 1. The Hall–Kier alpha value is -3.27. The van der Waals surface area contributed by atoms with Crippen LogP contribution in [0.4, 0.5) is 11.8 Å². The molecule has 0 saturated heterocycles. The fourth-order valence-electron chi connectivity index (χ4n) is 2.66. The number of hydrogen-bond acceptors (Lipinski definition) is 9. The number of hydroxylamine groups is 1. The molecule has 0 atom stereocenters. The summed E-state index contributed by atoms with van der Waals surface area (Å²) in [7, 11) is 1.57. The van der Waals surface area contributed by atoms with E-state index in [2.05, 4.69) is 9.97 Å². The first-order chi connectivity index (χ1) is 14.0. The number of methoxy groups -OCH3 is 1. The Bertz CT molecular complexity index is 831. The van der Waals surface area contributed by atoms with E-state index in [1.807, 2.05) is 13.0 Å². The number of benzene rings is 1. The Morgan fingerprint density at radius 3 is 2.66 bits per heavy atom. The number of nitrogen functional groups attached to an aromatic ring is 2. The van der Waals surface area contributed by atoms with Crippen LogP contribution in [0.2, 0.25) is 0 Å². The van der Waals surface area contributed by atoms with E-state index in [0.29, 0.717) is 55.4 Å². The maximum Gasteiger partial charge on any atom is 0.243 e. The highest BCUT2D eigenvalue weighted by atomic mass is 16.5. The van der Waals surface area contributed by atoms with Crippen molar-refractivity contribution < 1.29 is 24.2 Å². The fourth-order valence-corrected chi connectivity index (χ4v) is 2.66. The van der Waals surface area contributed by atoms with Gasteiger partial charge in [0.1, 0.15) is 11.5 Å². The number of carbonyl (C=O) groups is 1. The minimum atomic E-state index is -0.463. The zero-order valence-corrected chi connectivity index (χ0v) is 16.6. The van der Waals surface area contributed by atoms with E-state index in [1.54, 1.807) is 24.7 Å². The first kappa shape index (κ1) is 22.0. The Morgan fingerprint density at radius 2 is 1.97 bits per heavy atom. The number of hydrogen-bond donors (Lipinski definition) is 4. The van der Waals surface area contributed by atoms with Crippen LogP contribution < -0.4 is 31.2 Å². The maximum absolute atomic E-state index is 11.3. The Kier molecular flexibility index (Phi) is 8.28. The summed E-state index contributed by atoms with van der Waals surface area (Å²) in [5, 5.41) is 8.64. The molecule has 0 spiro atoms. The van der Waals surface area contributed by atoms with Crippen LogP contribution in [0.25, 0.3) is 0 Å². The van der Waals surface area contributed by atoms with Crippen LogP contribution in [-0.2, 0) is 17.6 Å². The van der Waals surface area contributed by atoms with Gasteiger partial charge >= 0.3 is 0 Å². The number of aromatic nitrogens is 2. The molecule has 0 aliphatic heterocycles. The molecule has 2 rings (SSSR count). The number of carbonyl (C=O) groups excluding carboxylic acids is 1. The van der Waals surface area contributed by atoms with Gasteiger partial charge < -0.3 is 25.7 Å². The van der Waals surface area contributed by atoms with Crippen molar-refractivity contribution in [1.82, 2.24) is 15.4 Å². The molecule has 0 radical (unpaired) electrons. The van der Waals surface area contributed by atoms with E-state index in [0.717, 1.165) is 5.56 Å². The summed E-state index contributed by atoms with van der Waals surface area (Å²) in [6.07, 6.45) is 1.76. The van der Waals surface area contributed by atoms with E-state index >= 15 is 0 Å². The van der Waals surface area contributed by atoms with E-state index in [4.69, 9.17) is 30.9 Å². The zero-order chi connectivity index (χ0) is 21.2. The summed E-state index contributed by atoms with van der Waals surface area (Å²) in [5.41, 5.74) is 14.6. The lowest BCUT2D eigenvalue weighted by atomic mass is 10.1. The van der Waals surface area contributed by atoms with Gasteiger partial charge in [-0.05, 0) is 24.5 Å². The molecule has 158 valence electrons. The van der Waals surface area contributed by atoms with Gasteiger partial charge in [-0.25, -0.2) is 10.5 Å². The van der Waals surface area contributed by atoms with Crippen molar-refractivity contribution in [3.8, 4) is 17.2 Å². The molecular formula is C19H27N5O5. The first-order valence-electron chi connectivity index (χ1n) is 9.25. The Balaban J connectivity index is 1.92. The third-order valence-electron chi connectivity index (χ3n) is 4.13. The summed E-state index contributed by atoms with van der Waals surface area (Å²) in [6, 6.07) is 5.38. The molecule has 0 aliphatic carbocycles. The fraction of sp³-hybridized carbons (Fsp3) is 0.421. The molecule has 10 heteroatoms. The molecule has 1 heterocycles. The summed E-state index contributed by atoms with van der Waals surface area (Å²) >= 11 is 0. The zero-order valence-electron chi connectivity index (χ0n) is 16.6. The molecule has 1 aromatic heterocycles. The van der Waals surface area contributed by atoms with Crippen LogP contribution in [-0.4, -0.2) is 41.4 Å². The van der Waals surface area contributed by atoms with Gasteiger partial charge in [-0.1, -0.05) is 13.0 Å². The predicted octanol–water partition coefficient (Wildman–Crippen LogP) is 1.50. The number of aryl methyl sites for hydroxylation is 2. The molecule has 1 aromatic carbocycles. The molecule has 0 fully saturated rings. The van der Waals surface area contributed by atoms with E-state index in [1.165, 1.54) is 0 Å². The third-order valence-corrected chi connectivity index (χ3v) is 4.13. The molecule has 29 heavy (non-hydrogen) atoms. The molecule has 10 nitrogen and oxygen atoms in total. The lowest BCUT2D eigenvalue weighted by molar-refractivity contribution is -0.129. The van der Waals surface area contributed by atoms with Crippen LogP contribution >= 0.6 is 0 Å². The molecule has 0 saturated carbocycles. The standard InChI is InChI=1S/C19H27N5O5/c1-3-14-17(18(20)23-19(21)22-14)29-10-4-9-28-15-11-13(27-2)7-5-12(15)6-8-16(25)24-26/h5,7,11,26H,3-4,6,8-10H2,1-2H3,(H,24,25)(H4,20,21,22,23). The molecule has 6 N–H and O–H groups in total. The second-order valence-electron chi connectivity index (χ2n) is 6.16. The van der Waals surface area contributed by atoms with Crippen LogP contribution in [0.5, 0.6) is 17.2 Å². The number of nitrogens with two attached hydrogens (primary N) is 2. The van der Waals surface area contributed by atoms with Crippen molar-refractivity contribution in [2.24, 2.45) is 0 Å². The second-order valence-corrected chi connectivity index (χ2v) is 6.16. The summed E-state index contributed by atoms with van der Waals surface area (Å²) in [5.74, 6) is 1.57. The van der Waals surface area contributed by atoms with Gasteiger partial charge in [0.15, 0.2) is 11.6 Å². The number of anilines is 2. The van der Waals surface area contributed by atoms with E-state index in [-0.39, 0.29) is 18.2 Å². The largest absolute Gasteiger partial charge is 0.497 e. The average Bonchev–Trinajstić information content (AvgIpc) is 2.72. The number of rotatable bonds is 11. The molecule has 0 bridgehead atoms. The summed E-state index contributed by atoms with van der Waals surface area (Å²) < 4.78 is 16.8. The lowest BCUT2D eigenvalue weighted by Crippen LogP contribution is -2.19. The van der Waals surface area contributed by atoms with Crippen molar-refractivity contribution in [1.29, 1.82) is 0 Å². The van der Waals surface area contributed by atoms with E-state index in [9.17, 15) is 4.79 Å². The molecule has 1 amide bonds. The normalized spacial score (nSPS) is 10.4. The minimum Gasteiger partial charge on any atom is -0.497 e. The summed E-state index contributed by atoms with van der Waals surface area (Å²) in [6.45, 7) is 2.67. The number of ether oxygens (including phenoxy) is 3. The Morgan fingerprint density at radius 1 is 1.21 bits per heavy atom. The average molecular weight is 405 g/mol. The summed E-state index contributed by atoms with van der Waals surface area (Å²) in [4.78, 5) is 19.3. The topological polar surface area (TPSA) is 155 Å². The van der Waals surface area contributed by atoms with Gasteiger partial charge in [0.25, 0.3) is 0 Å². The van der Waals surface area contributed by atoms with Crippen molar-refractivity contribution in [2.45, 2.75) is 32.6 Å². The SMILES string of the molecule is CCc1nc(N)nc(N)c1OCCCOc1cc(OC)ccc1CCC(=O)NO. The number of nitrogens with zero attached hydrogens (tertiary/aromatic N) is 2. The van der Waals surface area contributed by atoms with Crippen molar-refractivity contribution in [2.75, 3.05) is 31.8 Å². The molecule has 0 aliphatic rings. The highest BCUT2D eigenvalue weighted by Crippen LogP contribution is 2.27. The first-order valence-corrected chi connectivity index (χ1v) is 9.25. The Labute approximate surface area is 169 Å². The van der Waals surface area contributed by atoms with Crippen molar-refractivity contribution in [3.05, 3.63) is 29.5 Å². The van der Waals surface area contributed by atoms with Crippen molar-refractivity contribution >= 4 is 17.7 Å². The second kappa shape index (κ2) is 10.9. The monoisotopic (exact) mass is 405 g/mol. The van der Waals surface area contributed by atoms with Crippen molar-refractivity contribution in [3.63, 3.8) is 0 Å². The predicted molar refractivity (Wildman–Crippen MR) is 107 cm³/mol. The number of nitrogens with one attached hydrogen (secondary N) is 1. The molecule has 0 unspecified atom stereocenters. The quantitative estimate of drug-likeness (QED) is 0.247. The highest BCUT2D eigenvalue weighted by molar-refractivity contribution is 5.74. The van der Waals surface area contributed by atoms with Gasteiger partial charge in [0.2, 0.25) is 11.9 Å². The van der Waals surface area contributed by atoms with Gasteiger partial charge in [-0.15, -0.1) is 0 Å². The lowest BCUT2D eigenvalue weighted by Gasteiger charge is -2.14. The third kappa shape index (κ3) is 6.39. The van der Waals surface area contributed by atoms with Crippen LogP contribution in [0.3, 0.4) is 0 Å². The van der Waals surface area contributed by atoms with E-state index < -0.39 is 5.91 Å². The van der Waals surface area contributed by atoms with Gasteiger partial charge in [-0.3, -0.25) is 10.0 Å². The van der Waals surface area contributed by atoms with Gasteiger partial charge in [0, 0.05) is 18.9 Å². The van der Waals surface area contributed by atoms with Crippen LogP contribution in [0, 0.1) is 0 Å².